The Kier molecular flexibility index (Phi) is 6.07. The molecule has 0 saturated carbocycles. The number of fused-ring (bicyclic) bond motifs is 1. The van der Waals surface area contributed by atoms with Gasteiger partial charge in [-0.3, -0.25) is 9.59 Å². The largest absolute Gasteiger partial charge is 0.348 e. The van der Waals surface area contributed by atoms with E-state index >= 15 is 0 Å². The molecule has 0 fully saturated rings. The average molecular weight is 451 g/mol. The number of benzene rings is 2. The van der Waals surface area contributed by atoms with Gasteiger partial charge < -0.3 is 10.3 Å². The highest BCUT2D eigenvalue weighted by Gasteiger charge is 2.27. The van der Waals surface area contributed by atoms with Crippen LogP contribution in [0.5, 0.6) is 0 Å². The molecule has 8 nitrogen and oxygen atoms in total. The van der Waals surface area contributed by atoms with Crippen LogP contribution < -0.4 is 16.6 Å². The number of H-pyrrole nitrogens is 1. The summed E-state index contributed by atoms with van der Waals surface area (Å²) in [4.78, 5) is 41.8. The Bertz CT molecular complexity index is 1440. The summed E-state index contributed by atoms with van der Waals surface area (Å²) in [6, 6.07) is 9.80. The highest BCUT2D eigenvalue weighted by Crippen LogP contribution is 2.20. The SMILES string of the molecule is C[C@H](NC(=O)[C@@H](Cc1ccccc1)n1c(=O)[nH]c2cnncc2c1=O)c1ccc(F)cc1F. The van der Waals surface area contributed by atoms with Crippen LogP contribution in [-0.4, -0.2) is 25.7 Å². The minimum absolute atomic E-state index is 0.0261. The number of amides is 1. The zero-order valence-electron chi connectivity index (χ0n) is 17.5. The van der Waals surface area contributed by atoms with E-state index in [1.807, 2.05) is 0 Å². The summed E-state index contributed by atoms with van der Waals surface area (Å²) in [6.07, 6.45) is 2.48. The Labute approximate surface area is 185 Å². The van der Waals surface area contributed by atoms with E-state index in [0.717, 1.165) is 16.7 Å². The maximum Gasteiger partial charge on any atom is 0.329 e. The number of hydrogen-bond acceptors (Lipinski definition) is 5. The molecule has 2 aromatic heterocycles. The van der Waals surface area contributed by atoms with Gasteiger partial charge in [-0.25, -0.2) is 18.1 Å². The van der Waals surface area contributed by atoms with Gasteiger partial charge in [-0.15, -0.1) is 0 Å². The first-order chi connectivity index (χ1) is 15.8. The fourth-order valence-electron chi connectivity index (χ4n) is 3.65. The zero-order chi connectivity index (χ0) is 23.5. The molecule has 0 unspecified atom stereocenters. The lowest BCUT2D eigenvalue weighted by atomic mass is 10.0. The van der Waals surface area contributed by atoms with E-state index in [1.165, 1.54) is 25.4 Å². The highest BCUT2D eigenvalue weighted by molar-refractivity contribution is 5.82. The first-order valence-corrected chi connectivity index (χ1v) is 10.1. The van der Waals surface area contributed by atoms with E-state index in [2.05, 4.69) is 20.5 Å². The van der Waals surface area contributed by atoms with Crippen molar-refractivity contribution in [3.8, 4) is 0 Å². The molecule has 0 spiro atoms. The monoisotopic (exact) mass is 451 g/mol. The number of aromatic nitrogens is 4. The summed E-state index contributed by atoms with van der Waals surface area (Å²) in [5.74, 6) is -2.24. The summed E-state index contributed by atoms with van der Waals surface area (Å²) in [5.41, 5.74) is -0.537. The van der Waals surface area contributed by atoms with Gasteiger partial charge in [0.2, 0.25) is 5.91 Å². The lowest BCUT2D eigenvalue weighted by molar-refractivity contribution is -0.125. The molecule has 2 atom stereocenters. The van der Waals surface area contributed by atoms with Crippen molar-refractivity contribution in [3.05, 3.63) is 105 Å². The molecule has 2 aromatic carbocycles. The van der Waals surface area contributed by atoms with Crippen LogP contribution in [0.1, 0.15) is 30.1 Å². The fourth-order valence-corrected chi connectivity index (χ4v) is 3.65. The first kappa shape index (κ1) is 22.0. The van der Waals surface area contributed by atoms with Crippen LogP contribution in [-0.2, 0) is 11.2 Å². The molecule has 0 bridgehead atoms. The van der Waals surface area contributed by atoms with Gasteiger partial charge >= 0.3 is 5.69 Å². The van der Waals surface area contributed by atoms with Crippen molar-refractivity contribution in [3.63, 3.8) is 0 Å². The van der Waals surface area contributed by atoms with Crippen molar-refractivity contribution in [2.45, 2.75) is 25.4 Å². The average Bonchev–Trinajstić information content (AvgIpc) is 2.79. The van der Waals surface area contributed by atoms with Gasteiger partial charge in [-0.1, -0.05) is 36.4 Å². The van der Waals surface area contributed by atoms with Crippen molar-refractivity contribution in [1.29, 1.82) is 0 Å². The van der Waals surface area contributed by atoms with Crippen molar-refractivity contribution in [2.75, 3.05) is 0 Å². The standard InChI is InChI=1S/C23H19F2N5O3/c1-13(16-8-7-15(24)10-18(16)25)28-21(31)20(9-14-5-3-2-4-6-14)30-22(32)17-11-26-27-12-19(17)29-23(30)33/h2-8,10-13,20H,9H2,1H3,(H,28,31)(H,29,33)/t13-,20+/m0/s1. The minimum atomic E-state index is -1.24. The van der Waals surface area contributed by atoms with Crippen LogP contribution in [0.4, 0.5) is 8.78 Å². The topological polar surface area (TPSA) is 110 Å². The van der Waals surface area contributed by atoms with E-state index < -0.39 is 40.9 Å². The quantitative estimate of drug-likeness (QED) is 0.468. The molecule has 0 aliphatic carbocycles. The van der Waals surface area contributed by atoms with E-state index in [4.69, 9.17) is 0 Å². The number of halogens is 2. The Morgan fingerprint density at radius 1 is 1.09 bits per heavy atom. The van der Waals surface area contributed by atoms with Gasteiger partial charge in [-0.2, -0.15) is 10.2 Å². The highest BCUT2D eigenvalue weighted by atomic mass is 19.1. The number of aromatic amines is 1. The third kappa shape index (κ3) is 4.54. The molecule has 0 radical (unpaired) electrons. The molecule has 0 aliphatic heterocycles. The Hall–Kier alpha value is -4.21. The second-order valence-electron chi connectivity index (χ2n) is 7.52. The second kappa shape index (κ2) is 9.11. The van der Waals surface area contributed by atoms with Crippen LogP contribution >= 0.6 is 0 Å². The Balaban J connectivity index is 1.76. The Morgan fingerprint density at radius 3 is 2.55 bits per heavy atom. The molecule has 1 amide bonds. The number of nitrogens with one attached hydrogen (secondary N) is 2. The molecule has 4 aromatic rings. The first-order valence-electron chi connectivity index (χ1n) is 10.1. The van der Waals surface area contributed by atoms with Gasteiger partial charge in [0.1, 0.15) is 17.7 Å². The van der Waals surface area contributed by atoms with E-state index in [9.17, 15) is 23.2 Å². The number of rotatable bonds is 6. The summed E-state index contributed by atoms with van der Waals surface area (Å²) >= 11 is 0. The molecule has 168 valence electrons. The molecule has 10 heteroatoms. The molecule has 2 heterocycles. The predicted octanol–water partition coefficient (Wildman–Crippen LogP) is 2.42. The lowest BCUT2D eigenvalue weighted by Crippen LogP contribution is -2.46. The summed E-state index contributed by atoms with van der Waals surface area (Å²) in [7, 11) is 0. The van der Waals surface area contributed by atoms with Crippen molar-refractivity contribution in [2.24, 2.45) is 0 Å². The van der Waals surface area contributed by atoms with E-state index in [1.54, 1.807) is 30.3 Å². The van der Waals surface area contributed by atoms with Gasteiger partial charge in [0.25, 0.3) is 5.56 Å². The van der Waals surface area contributed by atoms with Crippen LogP contribution in [0.15, 0.2) is 70.5 Å². The Morgan fingerprint density at radius 2 is 1.82 bits per heavy atom. The third-order valence-electron chi connectivity index (χ3n) is 5.31. The molecule has 0 saturated heterocycles. The normalized spacial score (nSPS) is 12.9. The molecular weight excluding hydrogens is 432 g/mol. The lowest BCUT2D eigenvalue weighted by Gasteiger charge is -2.22. The third-order valence-corrected chi connectivity index (χ3v) is 5.31. The zero-order valence-corrected chi connectivity index (χ0v) is 17.5. The van der Waals surface area contributed by atoms with Gasteiger partial charge in [-0.05, 0) is 18.6 Å². The predicted molar refractivity (Wildman–Crippen MR) is 117 cm³/mol. The number of hydrogen-bond donors (Lipinski definition) is 2. The summed E-state index contributed by atoms with van der Waals surface area (Å²) in [6.45, 7) is 1.52. The van der Waals surface area contributed by atoms with Crippen LogP contribution in [0, 0.1) is 11.6 Å². The van der Waals surface area contributed by atoms with Crippen LogP contribution in [0.3, 0.4) is 0 Å². The number of carbonyl (C=O) groups is 1. The van der Waals surface area contributed by atoms with Gasteiger partial charge in [0, 0.05) is 18.1 Å². The molecular formula is C23H19F2N5O3. The van der Waals surface area contributed by atoms with Crippen molar-refractivity contribution < 1.29 is 13.6 Å². The maximum atomic E-state index is 14.2. The molecule has 33 heavy (non-hydrogen) atoms. The van der Waals surface area contributed by atoms with Crippen molar-refractivity contribution in [1.82, 2.24) is 25.1 Å². The van der Waals surface area contributed by atoms with E-state index in [-0.39, 0.29) is 22.9 Å². The molecule has 0 aliphatic rings. The number of carbonyl (C=O) groups excluding carboxylic acids is 1. The summed E-state index contributed by atoms with van der Waals surface area (Å²) in [5, 5.41) is 10.1. The van der Waals surface area contributed by atoms with Crippen molar-refractivity contribution >= 4 is 16.8 Å². The minimum Gasteiger partial charge on any atom is -0.348 e. The second-order valence-corrected chi connectivity index (χ2v) is 7.52. The fraction of sp³-hybridized carbons (Fsp3) is 0.174. The molecule has 4 rings (SSSR count). The van der Waals surface area contributed by atoms with Gasteiger partial charge in [0.15, 0.2) is 0 Å². The summed E-state index contributed by atoms with van der Waals surface area (Å²) < 4.78 is 28.3. The van der Waals surface area contributed by atoms with Gasteiger partial charge in [0.05, 0.1) is 29.3 Å². The molecule has 2 N–H and O–H groups in total. The smallest absolute Gasteiger partial charge is 0.329 e. The maximum absolute atomic E-state index is 14.2. The van der Waals surface area contributed by atoms with Crippen LogP contribution in [0.25, 0.3) is 10.9 Å². The number of nitrogens with zero attached hydrogens (tertiary/aromatic N) is 3. The van der Waals surface area contributed by atoms with Crippen LogP contribution in [0.2, 0.25) is 0 Å². The van der Waals surface area contributed by atoms with E-state index in [0.29, 0.717) is 5.56 Å².